The lowest BCUT2D eigenvalue weighted by Crippen LogP contribution is -2.52. The summed E-state index contributed by atoms with van der Waals surface area (Å²) >= 11 is 0. The minimum Gasteiger partial charge on any atom is -0.336 e. The predicted molar refractivity (Wildman–Crippen MR) is 92.3 cm³/mol. The number of imide groups is 1. The van der Waals surface area contributed by atoms with Gasteiger partial charge in [-0.25, -0.2) is 4.79 Å². The van der Waals surface area contributed by atoms with Crippen LogP contribution in [0, 0.1) is 17.2 Å². The van der Waals surface area contributed by atoms with E-state index < -0.39 is 23.0 Å². The van der Waals surface area contributed by atoms with E-state index in [1.807, 2.05) is 0 Å². The monoisotopic (exact) mass is 348 g/mol. The van der Waals surface area contributed by atoms with Crippen molar-refractivity contribution in [1.29, 1.82) is 5.26 Å². The molecule has 0 aromatic heterocycles. The molecule has 1 atom stereocenters. The molecule has 1 saturated heterocycles. The fourth-order valence-corrected chi connectivity index (χ4v) is 3.51. The third-order valence-corrected chi connectivity index (χ3v) is 5.17. The smallest absolute Gasteiger partial charge is 0.325 e. The Labute approximate surface area is 149 Å². The van der Waals surface area contributed by atoms with E-state index in [0.717, 1.165) is 30.6 Å². The van der Waals surface area contributed by atoms with Gasteiger partial charge >= 0.3 is 6.03 Å². The summed E-state index contributed by atoms with van der Waals surface area (Å²) in [5, 5.41) is 14.9. The summed E-state index contributed by atoms with van der Waals surface area (Å²) in [7, 11) is 0. The molecule has 4 amide bonds. The highest BCUT2D eigenvalue weighted by Crippen LogP contribution is 2.28. The van der Waals surface area contributed by atoms with Gasteiger partial charge in [-0.2, -0.15) is 5.26 Å². The molecule has 2 fully saturated rings. The summed E-state index contributed by atoms with van der Waals surface area (Å²) in [6.07, 6.45) is 5.41. The highest BCUT2D eigenvalue weighted by atomic mass is 16.2. The average molecular weight is 348 g/mol. The van der Waals surface area contributed by atoms with Gasteiger partial charge in [0.2, 0.25) is 5.91 Å². The van der Waals surface area contributed by atoms with Crippen molar-refractivity contribution in [3.05, 3.63) is 0 Å². The number of nitrogens with one attached hydrogen (secondary N) is 2. The van der Waals surface area contributed by atoms with Crippen LogP contribution in [0.5, 0.6) is 0 Å². The van der Waals surface area contributed by atoms with Crippen LogP contribution in [-0.2, 0) is 9.59 Å². The number of hydrogen-bond donors (Lipinski definition) is 2. The van der Waals surface area contributed by atoms with Crippen molar-refractivity contribution >= 4 is 17.8 Å². The molecule has 0 aromatic rings. The molecule has 7 nitrogen and oxygen atoms in total. The van der Waals surface area contributed by atoms with Crippen molar-refractivity contribution in [3.8, 4) is 6.07 Å². The number of hydrogen-bond acceptors (Lipinski definition) is 4. The van der Waals surface area contributed by atoms with Gasteiger partial charge in [0, 0.05) is 0 Å². The maximum atomic E-state index is 12.6. The van der Waals surface area contributed by atoms with Gasteiger partial charge in [-0.05, 0) is 38.5 Å². The number of carbonyl (C=O) groups excluding carboxylic acids is 3. The van der Waals surface area contributed by atoms with Gasteiger partial charge in [-0.15, -0.1) is 0 Å². The number of carbonyl (C=O) groups is 3. The second-order valence-electron chi connectivity index (χ2n) is 7.89. The molecule has 1 heterocycles. The first kappa shape index (κ1) is 19.2. The van der Waals surface area contributed by atoms with Crippen LogP contribution in [0.25, 0.3) is 0 Å². The highest BCUT2D eigenvalue weighted by molar-refractivity contribution is 6.08. The summed E-state index contributed by atoms with van der Waals surface area (Å²) in [5.74, 6) is -0.413. The molecular weight excluding hydrogens is 320 g/mol. The summed E-state index contributed by atoms with van der Waals surface area (Å²) in [4.78, 5) is 38.1. The molecule has 1 saturated carbocycles. The molecular formula is C18H28N4O3. The fraction of sp³-hybridized carbons (Fsp3) is 0.778. The van der Waals surface area contributed by atoms with Crippen molar-refractivity contribution in [2.45, 2.75) is 76.8 Å². The number of nitrogens with zero attached hydrogens (tertiary/aromatic N) is 2. The quantitative estimate of drug-likeness (QED) is 0.717. The average Bonchev–Trinajstić information content (AvgIpc) is 2.77. The van der Waals surface area contributed by atoms with Crippen LogP contribution < -0.4 is 10.6 Å². The van der Waals surface area contributed by atoms with E-state index in [0.29, 0.717) is 25.2 Å². The first-order chi connectivity index (χ1) is 11.7. The largest absolute Gasteiger partial charge is 0.336 e. The van der Waals surface area contributed by atoms with Crippen molar-refractivity contribution in [2.75, 3.05) is 6.54 Å². The standard InChI is InChI=1S/C18H28N4O3/c1-13(2)7-10-17(3)15(24)22(16(25)21-17)11-14(23)20-18(12-19)8-5-4-6-9-18/h13H,4-11H2,1-3H3,(H,20,23)(H,21,25)/t17-/m0/s1. The van der Waals surface area contributed by atoms with Crippen molar-refractivity contribution in [1.82, 2.24) is 15.5 Å². The summed E-state index contributed by atoms with van der Waals surface area (Å²) in [6, 6.07) is 1.67. The van der Waals surface area contributed by atoms with Gasteiger partial charge in [-0.1, -0.05) is 33.1 Å². The Morgan fingerprint density at radius 1 is 1.32 bits per heavy atom. The minimum absolute atomic E-state index is 0.342. The fourth-order valence-electron chi connectivity index (χ4n) is 3.51. The highest BCUT2D eigenvalue weighted by Gasteiger charge is 2.48. The second kappa shape index (κ2) is 7.42. The number of nitriles is 1. The van der Waals surface area contributed by atoms with Crippen LogP contribution in [0.4, 0.5) is 4.79 Å². The van der Waals surface area contributed by atoms with Gasteiger partial charge < -0.3 is 10.6 Å². The topological polar surface area (TPSA) is 102 Å². The molecule has 2 rings (SSSR count). The molecule has 0 bridgehead atoms. The normalized spacial score (nSPS) is 25.6. The Kier molecular flexibility index (Phi) is 5.71. The molecule has 0 unspecified atom stereocenters. The van der Waals surface area contributed by atoms with Crippen molar-refractivity contribution in [2.24, 2.45) is 5.92 Å². The van der Waals surface area contributed by atoms with Gasteiger partial charge in [0.05, 0.1) is 6.07 Å². The summed E-state index contributed by atoms with van der Waals surface area (Å²) in [5.41, 5.74) is -1.82. The van der Waals surface area contributed by atoms with E-state index in [1.165, 1.54) is 0 Å². The van der Waals surface area contributed by atoms with Crippen molar-refractivity contribution < 1.29 is 14.4 Å². The minimum atomic E-state index is -0.959. The molecule has 25 heavy (non-hydrogen) atoms. The molecule has 1 aliphatic carbocycles. The van der Waals surface area contributed by atoms with Crippen molar-refractivity contribution in [3.63, 3.8) is 0 Å². The Bertz CT molecular complexity index is 590. The van der Waals surface area contributed by atoms with E-state index in [9.17, 15) is 19.6 Å². The Hall–Kier alpha value is -2.10. The molecule has 2 aliphatic rings. The van der Waals surface area contributed by atoms with Crippen LogP contribution in [0.15, 0.2) is 0 Å². The molecule has 0 radical (unpaired) electrons. The van der Waals surface area contributed by atoms with Gasteiger partial charge in [-0.3, -0.25) is 14.5 Å². The Morgan fingerprint density at radius 3 is 2.52 bits per heavy atom. The molecule has 138 valence electrons. The lowest BCUT2D eigenvalue weighted by Gasteiger charge is -2.32. The summed E-state index contributed by atoms with van der Waals surface area (Å²) < 4.78 is 0. The third-order valence-electron chi connectivity index (χ3n) is 5.17. The predicted octanol–water partition coefficient (Wildman–Crippen LogP) is 2.08. The lowest BCUT2D eigenvalue weighted by atomic mass is 9.83. The van der Waals surface area contributed by atoms with Crippen LogP contribution in [-0.4, -0.2) is 40.4 Å². The second-order valence-corrected chi connectivity index (χ2v) is 7.89. The molecule has 0 aromatic carbocycles. The van der Waals surface area contributed by atoms with Crippen LogP contribution in [0.2, 0.25) is 0 Å². The zero-order valence-corrected chi connectivity index (χ0v) is 15.4. The van der Waals surface area contributed by atoms with E-state index in [1.54, 1.807) is 6.92 Å². The van der Waals surface area contributed by atoms with E-state index >= 15 is 0 Å². The first-order valence-corrected chi connectivity index (χ1v) is 9.08. The van der Waals surface area contributed by atoms with E-state index in [4.69, 9.17) is 0 Å². The van der Waals surface area contributed by atoms with Crippen LogP contribution in [0.3, 0.4) is 0 Å². The SMILES string of the molecule is CC(C)CC[C@]1(C)NC(=O)N(CC(=O)NC2(C#N)CCCCC2)C1=O. The zero-order chi connectivity index (χ0) is 18.7. The maximum Gasteiger partial charge on any atom is 0.325 e. The summed E-state index contributed by atoms with van der Waals surface area (Å²) in [6.45, 7) is 5.47. The lowest BCUT2D eigenvalue weighted by molar-refractivity contribution is -0.135. The van der Waals surface area contributed by atoms with Gasteiger partial charge in [0.25, 0.3) is 5.91 Å². The number of urea groups is 1. The molecule has 2 N–H and O–H groups in total. The van der Waals surface area contributed by atoms with Crippen LogP contribution >= 0.6 is 0 Å². The molecule has 7 heteroatoms. The van der Waals surface area contributed by atoms with E-state index in [2.05, 4.69) is 30.6 Å². The number of amides is 4. The zero-order valence-electron chi connectivity index (χ0n) is 15.4. The Balaban J connectivity index is 1.99. The first-order valence-electron chi connectivity index (χ1n) is 9.08. The van der Waals surface area contributed by atoms with Crippen LogP contribution in [0.1, 0.15) is 65.7 Å². The molecule has 1 aliphatic heterocycles. The van der Waals surface area contributed by atoms with Gasteiger partial charge in [0.1, 0.15) is 17.6 Å². The van der Waals surface area contributed by atoms with E-state index in [-0.39, 0.29) is 12.5 Å². The Morgan fingerprint density at radius 2 is 1.96 bits per heavy atom. The molecule has 0 spiro atoms. The third kappa shape index (κ3) is 4.30. The number of rotatable bonds is 6. The van der Waals surface area contributed by atoms with Gasteiger partial charge in [0.15, 0.2) is 0 Å². The maximum absolute atomic E-state index is 12.6.